The molecule has 0 aromatic carbocycles. The summed E-state index contributed by atoms with van der Waals surface area (Å²) in [5.74, 6) is -0.692. The van der Waals surface area contributed by atoms with Gasteiger partial charge in [-0.2, -0.15) is 0 Å². The van der Waals surface area contributed by atoms with Crippen LogP contribution >= 0.6 is 23.1 Å². The van der Waals surface area contributed by atoms with Crippen LogP contribution in [0.2, 0.25) is 0 Å². The van der Waals surface area contributed by atoms with Crippen molar-refractivity contribution in [2.24, 2.45) is 0 Å². The van der Waals surface area contributed by atoms with Gasteiger partial charge in [0.05, 0.1) is 5.69 Å². The van der Waals surface area contributed by atoms with Gasteiger partial charge in [-0.3, -0.25) is 9.20 Å². The van der Waals surface area contributed by atoms with Gasteiger partial charge < -0.3 is 9.52 Å². The number of fused-ring (bicyclic) bond motifs is 1. The predicted octanol–water partition coefficient (Wildman–Crippen LogP) is 1.93. The summed E-state index contributed by atoms with van der Waals surface area (Å²) >= 11 is 2.51. The van der Waals surface area contributed by atoms with E-state index < -0.39 is 5.97 Å². The first kappa shape index (κ1) is 12.2. The summed E-state index contributed by atoms with van der Waals surface area (Å²) < 4.78 is 7.33. The van der Waals surface area contributed by atoms with E-state index in [2.05, 4.69) is 15.2 Å². The van der Waals surface area contributed by atoms with Gasteiger partial charge in [0.15, 0.2) is 4.96 Å². The number of imidazole rings is 1. The highest BCUT2D eigenvalue weighted by atomic mass is 32.2. The maximum atomic E-state index is 10.5. The third-order valence-corrected chi connectivity index (χ3v) is 3.92. The Kier molecular flexibility index (Phi) is 2.99. The monoisotopic (exact) mass is 296 g/mol. The number of hydrogen-bond donors (Lipinski definition) is 1. The molecule has 0 unspecified atom stereocenters. The van der Waals surface area contributed by atoms with Crippen LogP contribution in [-0.4, -0.2) is 36.4 Å². The van der Waals surface area contributed by atoms with Crippen molar-refractivity contribution in [3.8, 4) is 11.6 Å². The minimum atomic E-state index is -0.925. The molecular weight excluding hydrogens is 288 g/mol. The van der Waals surface area contributed by atoms with Crippen molar-refractivity contribution in [2.45, 2.75) is 12.1 Å². The Hall–Kier alpha value is -1.87. The normalized spacial score (nSPS) is 11.2. The number of nitrogens with zero attached hydrogens (tertiary/aromatic N) is 4. The zero-order valence-electron chi connectivity index (χ0n) is 9.73. The van der Waals surface area contributed by atoms with Gasteiger partial charge in [-0.1, -0.05) is 11.8 Å². The van der Waals surface area contributed by atoms with Gasteiger partial charge in [0.1, 0.15) is 11.4 Å². The molecule has 0 aliphatic carbocycles. The van der Waals surface area contributed by atoms with Gasteiger partial charge in [-0.05, 0) is 6.92 Å². The molecule has 3 aromatic heterocycles. The molecule has 19 heavy (non-hydrogen) atoms. The van der Waals surface area contributed by atoms with Crippen LogP contribution in [0.3, 0.4) is 0 Å². The summed E-state index contributed by atoms with van der Waals surface area (Å²) in [6.07, 6.45) is 1.88. The fourth-order valence-corrected chi connectivity index (χ4v) is 2.88. The van der Waals surface area contributed by atoms with Crippen LogP contribution in [0.25, 0.3) is 16.5 Å². The van der Waals surface area contributed by atoms with E-state index in [1.807, 2.05) is 22.9 Å². The van der Waals surface area contributed by atoms with Crippen molar-refractivity contribution >= 4 is 34.0 Å². The van der Waals surface area contributed by atoms with E-state index in [0.717, 1.165) is 28.1 Å². The molecule has 0 aliphatic rings. The molecule has 0 aliphatic heterocycles. The van der Waals surface area contributed by atoms with Gasteiger partial charge in [-0.25, -0.2) is 4.98 Å². The van der Waals surface area contributed by atoms with Crippen molar-refractivity contribution in [3.63, 3.8) is 0 Å². The molecule has 0 atom stereocenters. The Labute approximate surface area is 115 Å². The van der Waals surface area contributed by atoms with E-state index in [0.29, 0.717) is 5.89 Å². The fraction of sp³-hybridized carbons (Fsp3) is 0.200. The first-order valence-electron chi connectivity index (χ1n) is 5.26. The number of hydrogen-bond acceptors (Lipinski definition) is 7. The second-order valence-corrected chi connectivity index (χ2v) is 5.46. The predicted molar refractivity (Wildman–Crippen MR) is 69.5 cm³/mol. The maximum Gasteiger partial charge on any atom is 0.314 e. The Morgan fingerprint density at radius 3 is 3.21 bits per heavy atom. The lowest BCUT2D eigenvalue weighted by Gasteiger charge is -1.93. The van der Waals surface area contributed by atoms with Crippen molar-refractivity contribution in [2.75, 3.05) is 5.75 Å². The number of thioether (sulfide) groups is 1. The average Bonchev–Trinajstić information content (AvgIpc) is 3.01. The van der Waals surface area contributed by atoms with E-state index in [1.54, 1.807) is 0 Å². The molecule has 7 nitrogen and oxygen atoms in total. The van der Waals surface area contributed by atoms with Crippen molar-refractivity contribution in [3.05, 3.63) is 17.3 Å². The summed E-state index contributed by atoms with van der Waals surface area (Å²) in [5.41, 5.74) is 1.54. The van der Waals surface area contributed by atoms with E-state index in [-0.39, 0.29) is 11.0 Å². The molecular formula is C10H8N4O3S2. The first-order valence-corrected chi connectivity index (χ1v) is 7.12. The third kappa shape index (κ3) is 2.22. The topological polar surface area (TPSA) is 93.5 Å². The smallest absolute Gasteiger partial charge is 0.314 e. The molecule has 1 N–H and O–H groups in total. The summed E-state index contributed by atoms with van der Waals surface area (Å²) in [5, 5.41) is 18.5. The highest BCUT2D eigenvalue weighted by Gasteiger charge is 2.18. The molecule has 9 heteroatoms. The molecule has 0 fully saturated rings. The Morgan fingerprint density at radius 1 is 1.58 bits per heavy atom. The maximum absolute atomic E-state index is 10.5. The Balaban J connectivity index is 1.95. The van der Waals surface area contributed by atoms with E-state index in [9.17, 15) is 4.79 Å². The number of carbonyl (C=O) groups is 1. The summed E-state index contributed by atoms with van der Waals surface area (Å²) in [4.78, 5) is 15.7. The average molecular weight is 296 g/mol. The number of carboxylic acids is 1. The van der Waals surface area contributed by atoms with Gasteiger partial charge in [0, 0.05) is 11.6 Å². The molecule has 0 spiro atoms. The van der Waals surface area contributed by atoms with E-state index >= 15 is 0 Å². The lowest BCUT2D eigenvalue weighted by atomic mass is 10.3. The quantitative estimate of drug-likeness (QED) is 0.735. The molecule has 0 radical (unpaired) electrons. The second kappa shape index (κ2) is 4.67. The van der Waals surface area contributed by atoms with Crippen molar-refractivity contribution in [1.29, 1.82) is 0 Å². The highest BCUT2D eigenvalue weighted by Crippen LogP contribution is 2.28. The van der Waals surface area contributed by atoms with Crippen LogP contribution in [0.15, 0.2) is 21.2 Å². The number of thiazole rings is 1. The minimum absolute atomic E-state index is 0.110. The number of aliphatic carboxylic acids is 1. The summed E-state index contributed by atoms with van der Waals surface area (Å²) in [7, 11) is 0. The highest BCUT2D eigenvalue weighted by molar-refractivity contribution is 7.99. The standard InChI is InChI=1S/C10H8N4O3S2/c1-5-7(14-2-3-18-9(14)11-5)8-12-13-10(17-8)19-4-6(15)16/h2-3H,4H2,1H3,(H,15,16). The number of aryl methyl sites for hydroxylation is 1. The number of rotatable bonds is 4. The SMILES string of the molecule is Cc1nc2sccn2c1-c1nnc(SCC(=O)O)o1. The molecule has 3 aromatic rings. The lowest BCUT2D eigenvalue weighted by Crippen LogP contribution is -1.97. The molecule has 3 heterocycles. The largest absolute Gasteiger partial charge is 0.481 e. The first-order chi connectivity index (χ1) is 9.15. The second-order valence-electron chi connectivity index (χ2n) is 3.66. The van der Waals surface area contributed by atoms with E-state index in [1.165, 1.54) is 11.3 Å². The lowest BCUT2D eigenvalue weighted by molar-refractivity contribution is -0.133. The van der Waals surface area contributed by atoms with Crippen LogP contribution in [0.1, 0.15) is 5.69 Å². The Morgan fingerprint density at radius 2 is 2.42 bits per heavy atom. The zero-order valence-corrected chi connectivity index (χ0v) is 11.4. The van der Waals surface area contributed by atoms with Crippen LogP contribution < -0.4 is 0 Å². The van der Waals surface area contributed by atoms with Crippen molar-refractivity contribution < 1.29 is 14.3 Å². The molecule has 0 bridgehead atoms. The molecule has 3 rings (SSSR count). The summed E-state index contributed by atoms with van der Waals surface area (Å²) in [6, 6.07) is 0. The molecule has 0 saturated heterocycles. The van der Waals surface area contributed by atoms with Crippen molar-refractivity contribution in [1.82, 2.24) is 19.6 Å². The van der Waals surface area contributed by atoms with Crippen LogP contribution in [0.4, 0.5) is 0 Å². The van der Waals surface area contributed by atoms with Crippen LogP contribution in [0.5, 0.6) is 0 Å². The molecule has 98 valence electrons. The number of aromatic nitrogens is 4. The van der Waals surface area contributed by atoms with Gasteiger partial charge in [0.2, 0.25) is 0 Å². The minimum Gasteiger partial charge on any atom is -0.481 e. The molecule has 0 saturated carbocycles. The molecule has 0 amide bonds. The van der Waals surface area contributed by atoms with Crippen LogP contribution in [-0.2, 0) is 4.79 Å². The van der Waals surface area contributed by atoms with Crippen LogP contribution in [0, 0.1) is 6.92 Å². The van der Waals surface area contributed by atoms with Gasteiger partial charge in [-0.15, -0.1) is 21.5 Å². The fourth-order valence-electron chi connectivity index (χ4n) is 1.64. The third-order valence-electron chi connectivity index (χ3n) is 2.36. The Bertz CT molecular complexity index is 745. The van der Waals surface area contributed by atoms with Gasteiger partial charge in [0.25, 0.3) is 11.1 Å². The van der Waals surface area contributed by atoms with Gasteiger partial charge >= 0.3 is 5.97 Å². The zero-order chi connectivity index (χ0) is 13.4. The number of carboxylic acid groups (broad SMARTS) is 1. The summed E-state index contributed by atoms with van der Waals surface area (Å²) in [6.45, 7) is 1.86. The van der Waals surface area contributed by atoms with E-state index in [4.69, 9.17) is 9.52 Å².